The maximum Gasteiger partial charge on any atom is 0.410 e. The van der Waals surface area contributed by atoms with Crippen molar-refractivity contribution in [3.63, 3.8) is 0 Å². The summed E-state index contributed by atoms with van der Waals surface area (Å²) in [6, 6.07) is 1.98. The monoisotopic (exact) mass is 296 g/mol. The highest BCUT2D eigenvalue weighted by molar-refractivity contribution is 5.68. The number of rotatable bonds is 7. The Morgan fingerprint density at radius 3 is 2.67 bits per heavy atom. The lowest BCUT2D eigenvalue weighted by Gasteiger charge is -2.27. The van der Waals surface area contributed by atoms with Gasteiger partial charge >= 0.3 is 6.09 Å². The van der Waals surface area contributed by atoms with Crippen LogP contribution in [0.2, 0.25) is 0 Å². The maximum atomic E-state index is 12.1. The number of nitrogens with zero attached hydrogens (tertiary/aromatic N) is 3. The quantitative estimate of drug-likeness (QED) is 0.783. The number of hydrogen-bond acceptors (Lipinski definition) is 4. The summed E-state index contributed by atoms with van der Waals surface area (Å²) < 4.78 is 7.26. The first-order chi connectivity index (χ1) is 9.83. The second-order valence-electron chi connectivity index (χ2n) is 6.09. The van der Waals surface area contributed by atoms with E-state index >= 15 is 0 Å². The van der Waals surface area contributed by atoms with E-state index in [1.54, 1.807) is 11.1 Å². The van der Waals surface area contributed by atoms with E-state index in [1.807, 2.05) is 38.6 Å². The number of aryl methyl sites for hydroxylation is 1. The minimum absolute atomic E-state index is 0.244. The Morgan fingerprint density at radius 1 is 1.43 bits per heavy atom. The Balaban J connectivity index is 2.37. The van der Waals surface area contributed by atoms with Crippen molar-refractivity contribution in [2.24, 2.45) is 7.05 Å². The number of hydrogen-bond donors (Lipinski definition) is 1. The van der Waals surface area contributed by atoms with Crippen molar-refractivity contribution in [1.82, 2.24) is 20.0 Å². The molecule has 1 aromatic heterocycles. The zero-order valence-corrected chi connectivity index (χ0v) is 13.8. The van der Waals surface area contributed by atoms with Gasteiger partial charge in [-0.2, -0.15) is 5.10 Å². The van der Waals surface area contributed by atoms with Crippen LogP contribution < -0.4 is 5.32 Å². The van der Waals surface area contributed by atoms with Gasteiger partial charge < -0.3 is 15.0 Å². The van der Waals surface area contributed by atoms with E-state index in [2.05, 4.69) is 17.3 Å². The summed E-state index contributed by atoms with van der Waals surface area (Å²) in [6.45, 7) is 10.5. The average Bonchev–Trinajstić information content (AvgIpc) is 2.76. The average molecular weight is 296 g/mol. The van der Waals surface area contributed by atoms with Crippen molar-refractivity contribution in [2.75, 3.05) is 19.6 Å². The predicted molar refractivity (Wildman–Crippen MR) is 83.0 cm³/mol. The van der Waals surface area contributed by atoms with Crippen LogP contribution in [0.3, 0.4) is 0 Å². The zero-order chi connectivity index (χ0) is 15.9. The molecule has 120 valence electrons. The standard InChI is InChI=1S/C15H28N4O2/c1-6-10-19(14(20)21-15(2,3)4)11-9-16-12-13-7-8-17-18(13)5/h7-8,16H,6,9-12H2,1-5H3. The van der Waals surface area contributed by atoms with E-state index in [9.17, 15) is 4.79 Å². The Morgan fingerprint density at radius 2 is 2.14 bits per heavy atom. The van der Waals surface area contributed by atoms with Crippen LogP contribution in [0.4, 0.5) is 4.79 Å². The number of nitrogens with one attached hydrogen (secondary N) is 1. The van der Waals surface area contributed by atoms with Crippen molar-refractivity contribution in [1.29, 1.82) is 0 Å². The van der Waals surface area contributed by atoms with E-state index in [0.717, 1.165) is 25.2 Å². The minimum Gasteiger partial charge on any atom is -0.444 e. The number of amides is 1. The smallest absolute Gasteiger partial charge is 0.410 e. The van der Waals surface area contributed by atoms with Crippen LogP contribution in [0.1, 0.15) is 39.8 Å². The molecule has 1 N–H and O–H groups in total. The molecule has 21 heavy (non-hydrogen) atoms. The molecular weight excluding hydrogens is 268 g/mol. The summed E-state index contributed by atoms with van der Waals surface area (Å²) in [6.07, 6.45) is 2.45. The highest BCUT2D eigenvalue weighted by atomic mass is 16.6. The third kappa shape index (κ3) is 6.62. The molecule has 0 spiro atoms. The minimum atomic E-state index is -0.453. The van der Waals surface area contributed by atoms with Crippen molar-refractivity contribution >= 4 is 6.09 Å². The molecule has 1 rings (SSSR count). The van der Waals surface area contributed by atoms with Gasteiger partial charge in [-0.3, -0.25) is 4.68 Å². The molecular formula is C15H28N4O2. The molecule has 0 unspecified atom stereocenters. The van der Waals surface area contributed by atoms with Gasteiger partial charge in [0.15, 0.2) is 0 Å². The van der Waals surface area contributed by atoms with Crippen molar-refractivity contribution in [3.8, 4) is 0 Å². The predicted octanol–water partition coefficient (Wildman–Crippen LogP) is 2.16. The lowest BCUT2D eigenvalue weighted by atomic mass is 10.2. The molecule has 1 heterocycles. The van der Waals surface area contributed by atoms with E-state index in [0.29, 0.717) is 13.1 Å². The van der Waals surface area contributed by atoms with Crippen LogP contribution in [0.15, 0.2) is 12.3 Å². The lowest BCUT2D eigenvalue weighted by Crippen LogP contribution is -2.40. The van der Waals surface area contributed by atoms with Crippen LogP contribution in [0.25, 0.3) is 0 Å². The summed E-state index contributed by atoms with van der Waals surface area (Å²) >= 11 is 0. The molecule has 0 fully saturated rings. The van der Waals surface area contributed by atoms with Gasteiger partial charge in [0, 0.05) is 39.4 Å². The number of ether oxygens (including phenoxy) is 1. The third-order valence-corrected chi connectivity index (χ3v) is 2.93. The first kappa shape index (κ1) is 17.5. The Kier molecular flexibility index (Phi) is 6.68. The lowest BCUT2D eigenvalue weighted by molar-refractivity contribution is 0.0252. The second-order valence-corrected chi connectivity index (χ2v) is 6.09. The molecule has 6 nitrogen and oxygen atoms in total. The molecule has 0 saturated carbocycles. The molecule has 0 aromatic carbocycles. The molecule has 0 aliphatic heterocycles. The maximum absolute atomic E-state index is 12.1. The van der Waals surface area contributed by atoms with Crippen LogP contribution in [-0.4, -0.2) is 46.0 Å². The molecule has 1 aromatic rings. The van der Waals surface area contributed by atoms with Gasteiger partial charge in [0.1, 0.15) is 5.60 Å². The largest absolute Gasteiger partial charge is 0.444 e. The van der Waals surface area contributed by atoms with E-state index in [4.69, 9.17) is 4.74 Å². The van der Waals surface area contributed by atoms with Crippen molar-refractivity contribution in [3.05, 3.63) is 18.0 Å². The number of carbonyl (C=O) groups excluding carboxylic acids is 1. The van der Waals surface area contributed by atoms with Gasteiger partial charge in [0.25, 0.3) is 0 Å². The van der Waals surface area contributed by atoms with E-state index < -0.39 is 5.60 Å². The van der Waals surface area contributed by atoms with Crippen LogP contribution in [0.5, 0.6) is 0 Å². The molecule has 0 saturated heterocycles. The fourth-order valence-electron chi connectivity index (χ4n) is 1.90. The number of carbonyl (C=O) groups is 1. The Bertz CT molecular complexity index is 437. The van der Waals surface area contributed by atoms with Gasteiger partial charge in [-0.25, -0.2) is 4.79 Å². The molecule has 1 amide bonds. The van der Waals surface area contributed by atoms with Crippen LogP contribution in [-0.2, 0) is 18.3 Å². The molecule has 6 heteroatoms. The number of aromatic nitrogens is 2. The van der Waals surface area contributed by atoms with Crippen LogP contribution >= 0.6 is 0 Å². The summed E-state index contributed by atoms with van der Waals surface area (Å²) in [4.78, 5) is 13.8. The first-order valence-corrected chi connectivity index (χ1v) is 7.49. The third-order valence-electron chi connectivity index (χ3n) is 2.93. The van der Waals surface area contributed by atoms with Crippen molar-refractivity contribution < 1.29 is 9.53 Å². The highest BCUT2D eigenvalue weighted by Crippen LogP contribution is 2.10. The van der Waals surface area contributed by atoms with Gasteiger partial charge in [-0.1, -0.05) is 6.92 Å². The summed E-state index contributed by atoms with van der Waals surface area (Å²) in [5.74, 6) is 0. The summed E-state index contributed by atoms with van der Waals surface area (Å²) in [5, 5.41) is 7.45. The topological polar surface area (TPSA) is 59.4 Å². The van der Waals surface area contributed by atoms with E-state index in [1.165, 1.54) is 0 Å². The molecule has 0 aliphatic carbocycles. The van der Waals surface area contributed by atoms with Gasteiger partial charge in [-0.15, -0.1) is 0 Å². The van der Waals surface area contributed by atoms with E-state index in [-0.39, 0.29) is 6.09 Å². The molecule has 0 bridgehead atoms. The fourth-order valence-corrected chi connectivity index (χ4v) is 1.90. The van der Waals surface area contributed by atoms with Gasteiger partial charge in [0.2, 0.25) is 0 Å². The van der Waals surface area contributed by atoms with Crippen LogP contribution in [0, 0.1) is 0 Å². The zero-order valence-electron chi connectivity index (χ0n) is 13.8. The van der Waals surface area contributed by atoms with Crippen molar-refractivity contribution in [2.45, 2.75) is 46.3 Å². The van der Waals surface area contributed by atoms with Gasteiger partial charge in [-0.05, 0) is 33.3 Å². The Hall–Kier alpha value is -1.56. The Labute approximate surface area is 127 Å². The first-order valence-electron chi connectivity index (χ1n) is 7.49. The molecule has 0 aliphatic rings. The normalized spacial score (nSPS) is 11.5. The summed E-state index contributed by atoms with van der Waals surface area (Å²) in [7, 11) is 1.92. The second kappa shape index (κ2) is 8.02. The highest BCUT2D eigenvalue weighted by Gasteiger charge is 2.21. The molecule has 0 radical (unpaired) electrons. The fraction of sp³-hybridized carbons (Fsp3) is 0.733. The SMILES string of the molecule is CCCN(CCNCc1ccnn1C)C(=O)OC(C)(C)C. The summed E-state index contributed by atoms with van der Waals surface area (Å²) in [5.41, 5.74) is 0.667. The molecule has 0 atom stereocenters. The van der Waals surface area contributed by atoms with Gasteiger partial charge in [0.05, 0.1) is 5.69 Å².